The second kappa shape index (κ2) is 4.66. The Labute approximate surface area is 90.9 Å². The molecule has 0 aromatic heterocycles. The molecule has 0 heterocycles. The summed E-state index contributed by atoms with van der Waals surface area (Å²) in [5.74, 6) is 0. The van der Waals surface area contributed by atoms with Crippen LogP contribution in [0, 0.1) is 0 Å². The van der Waals surface area contributed by atoms with Gasteiger partial charge in [-0.15, -0.1) is 0 Å². The number of allylic oxidation sites excluding steroid dienone is 1. The van der Waals surface area contributed by atoms with Gasteiger partial charge in [-0.05, 0) is 35.9 Å². The zero-order chi connectivity index (χ0) is 9.84. The summed E-state index contributed by atoms with van der Waals surface area (Å²) in [6.07, 6.45) is 2.69. The van der Waals surface area contributed by atoms with Gasteiger partial charge >= 0.3 is 0 Å². The number of halogens is 3. The van der Waals surface area contributed by atoms with Gasteiger partial charge in [-0.25, -0.2) is 0 Å². The van der Waals surface area contributed by atoms with Crippen LogP contribution in [0.2, 0.25) is 10.0 Å². The summed E-state index contributed by atoms with van der Waals surface area (Å²) in [5, 5.41) is 0.416. The maximum atomic E-state index is 10.4. The minimum absolute atomic E-state index is 0.488. The van der Waals surface area contributed by atoms with E-state index in [0.717, 1.165) is 0 Å². The fourth-order valence-electron chi connectivity index (χ4n) is 0.819. The summed E-state index contributed by atoms with van der Waals surface area (Å²) in [6, 6.07) is 5.10. The first kappa shape index (κ1) is 10.6. The van der Waals surface area contributed by atoms with Crippen LogP contribution < -0.4 is 0 Å². The standard InChI is InChI=1S/C9H5Cl3O/c10-7-2-1-3-8(11)6(7)4-5-9(12)13/h1-5H. The number of hydrogen-bond donors (Lipinski definition) is 0. The second-order valence-electron chi connectivity index (χ2n) is 2.27. The minimum Gasteiger partial charge on any atom is -0.276 e. The summed E-state index contributed by atoms with van der Waals surface area (Å²) in [5.41, 5.74) is 0.597. The van der Waals surface area contributed by atoms with Gasteiger partial charge in [0, 0.05) is 15.6 Å². The first-order chi connectivity index (χ1) is 6.11. The number of benzene rings is 1. The Morgan fingerprint density at radius 2 is 1.77 bits per heavy atom. The summed E-state index contributed by atoms with van der Waals surface area (Å²) in [4.78, 5) is 10.4. The van der Waals surface area contributed by atoms with Crippen molar-refractivity contribution >= 4 is 46.1 Å². The zero-order valence-electron chi connectivity index (χ0n) is 6.43. The Morgan fingerprint density at radius 3 is 2.23 bits per heavy atom. The minimum atomic E-state index is -0.559. The van der Waals surface area contributed by atoms with Crippen LogP contribution in [-0.4, -0.2) is 5.24 Å². The van der Waals surface area contributed by atoms with Crippen molar-refractivity contribution in [3.8, 4) is 0 Å². The number of hydrogen-bond acceptors (Lipinski definition) is 1. The largest absolute Gasteiger partial charge is 0.276 e. The summed E-state index contributed by atoms with van der Waals surface area (Å²) in [7, 11) is 0. The van der Waals surface area contributed by atoms with Gasteiger partial charge in [0.05, 0.1) is 0 Å². The summed E-state index contributed by atoms with van der Waals surface area (Å²) >= 11 is 16.8. The third-order valence-corrected chi connectivity index (χ3v) is 2.17. The topological polar surface area (TPSA) is 17.1 Å². The quantitative estimate of drug-likeness (QED) is 0.563. The maximum absolute atomic E-state index is 10.4. The second-order valence-corrected chi connectivity index (χ2v) is 3.46. The predicted octanol–water partition coefficient (Wildman–Crippen LogP) is 3.77. The smallest absolute Gasteiger partial charge is 0.245 e. The molecule has 1 nitrogen and oxygen atoms in total. The lowest BCUT2D eigenvalue weighted by Gasteiger charge is -1.99. The first-order valence-corrected chi connectivity index (χ1v) is 4.56. The summed E-state index contributed by atoms with van der Waals surface area (Å²) in [6.45, 7) is 0. The molecule has 1 rings (SSSR count). The van der Waals surface area contributed by atoms with Crippen LogP contribution in [0.3, 0.4) is 0 Å². The molecule has 0 aliphatic heterocycles. The van der Waals surface area contributed by atoms with E-state index in [2.05, 4.69) is 0 Å². The Kier molecular flexibility index (Phi) is 3.79. The van der Waals surface area contributed by atoms with Crippen molar-refractivity contribution in [1.82, 2.24) is 0 Å². The van der Waals surface area contributed by atoms with Crippen molar-refractivity contribution in [3.63, 3.8) is 0 Å². The van der Waals surface area contributed by atoms with Crippen molar-refractivity contribution in [2.24, 2.45) is 0 Å². The highest BCUT2D eigenvalue weighted by molar-refractivity contribution is 6.66. The maximum Gasteiger partial charge on any atom is 0.245 e. The highest BCUT2D eigenvalue weighted by Gasteiger charge is 2.01. The molecule has 0 saturated carbocycles. The van der Waals surface area contributed by atoms with Gasteiger partial charge in [0.2, 0.25) is 5.24 Å². The van der Waals surface area contributed by atoms with Crippen molar-refractivity contribution in [1.29, 1.82) is 0 Å². The highest BCUT2D eigenvalue weighted by Crippen LogP contribution is 2.25. The van der Waals surface area contributed by atoms with Gasteiger partial charge in [-0.1, -0.05) is 29.3 Å². The number of carbonyl (C=O) groups is 1. The molecule has 0 saturated heterocycles. The van der Waals surface area contributed by atoms with E-state index in [1.54, 1.807) is 18.2 Å². The lowest BCUT2D eigenvalue weighted by molar-refractivity contribution is -0.107. The Balaban J connectivity index is 3.06. The third kappa shape index (κ3) is 3.03. The third-order valence-electron chi connectivity index (χ3n) is 1.38. The molecule has 1 aromatic carbocycles. The molecule has 0 aliphatic carbocycles. The molecule has 68 valence electrons. The molecular formula is C9H5Cl3O. The van der Waals surface area contributed by atoms with Crippen molar-refractivity contribution < 1.29 is 4.79 Å². The van der Waals surface area contributed by atoms with Crippen LogP contribution in [0.25, 0.3) is 6.08 Å². The van der Waals surface area contributed by atoms with E-state index in [4.69, 9.17) is 34.8 Å². The van der Waals surface area contributed by atoms with Crippen molar-refractivity contribution in [2.45, 2.75) is 0 Å². The Bertz CT molecular complexity index is 338. The molecule has 0 spiro atoms. The fraction of sp³-hybridized carbons (Fsp3) is 0. The van der Waals surface area contributed by atoms with Crippen molar-refractivity contribution in [3.05, 3.63) is 39.9 Å². The molecule has 0 N–H and O–H groups in total. The molecular weight excluding hydrogens is 230 g/mol. The fourth-order valence-corrected chi connectivity index (χ4v) is 1.41. The van der Waals surface area contributed by atoms with Crippen LogP contribution in [0.4, 0.5) is 0 Å². The molecule has 0 amide bonds. The average molecular weight is 235 g/mol. The van der Waals surface area contributed by atoms with E-state index < -0.39 is 5.24 Å². The molecule has 0 fully saturated rings. The number of rotatable bonds is 2. The van der Waals surface area contributed by atoms with E-state index >= 15 is 0 Å². The van der Waals surface area contributed by atoms with Crippen LogP contribution in [0.5, 0.6) is 0 Å². The molecule has 0 atom stereocenters. The van der Waals surface area contributed by atoms with Crippen molar-refractivity contribution in [2.75, 3.05) is 0 Å². The highest BCUT2D eigenvalue weighted by atomic mass is 35.5. The summed E-state index contributed by atoms with van der Waals surface area (Å²) < 4.78 is 0. The van der Waals surface area contributed by atoms with Gasteiger partial charge in [0.25, 0.3) is 0 Å². The van der Waals surface area contributed by atoms with Crippen LogP contribution >= 0.6 is 34.8 Å². The predicted molar refractivity (Wildman–Crippen MR) is 56.4 cm³/mol. The number of carbonyl (C=O) groups excluding carboxylic acids is 1. The monoisotopic (exact) mass is 234 g/mol. The normalized spacial score (nSPS) is 10.7. The first-order valence-electron chi connectivity index (χ1n) is 3.43. The van der Waals surface area contributed by atoms with Gasteiger partial charge in [-0.2, -0.15) is 0 Å². The lowest BCUT2D eigenvalue weighted by atomic mass is 10.2. The SMILES string of the molecule is O=C(Cl)C=Cc1c(Cl)cccc1Cl. The molecule has 1 aromatic rings. The van der Waals surface area contributed by atoms with E-state index in [1.165, 1.54) is 12.2 Å². The lowest BCUT2D eigenvalue weighted by Crippen LogP contribution is -1.79. The van der Waals surface area contributed by atoms with Gasteiger partial charge in [-0.3, -0.25) is 4.79 Å². The Morgan fingerprint density at radius 1 is 1.23 bits per heavy atom. The molecule has 0 aliphatic rings. The van der Waals surface area contributed by atoms with Gasteiger partial charge < -0.3 is 0 Å². The van der Waals surface area contributed by atoms with Crippen LogP contribution in [0.1, 0.15) is 5.56 Å². The average Bonchev–Trinajstić information content (AvgIpc) is 2.03. The molecule has 0 bridgehead atoms. The Hall–Kier alpha value is -0.500. The zero-order valence-corrected chi connectivity index (χ0v) is 8.70. The van der Waals surface area contributed by atoms with Crippen LogP contribution in [0.15, 0.2) is 24.3 Å². The van der Waals surface area contributed by atoms with Gasteiger partial charge in [0.1, 0.15) is 0 Å². The van der Waals surface area contributed by atoms with E-state index in [0.29, 0.717) is 15.6 Å². The van der Waals surface area contributed by atoms with E-state index in [1.807, 2.05) is 0 Å². The molecule has 0 unspecified atom stereocenters. The molecule has 4 heteroatoms. The van der Waals surface area contributed by atoms with Crippen LogP contribution in [-0.2, 0) is 4.79 Å². The molecule has 0 radical (unpaired) electrons. The van der Waals surface area contributed by atoms with Gasteiger partial charge in [0.15, 0.2) is 0 Å². The van der Waals surface area contributed by atoms with E-state index in [9.17, 15) is 4.79 Å². The molecule has 13 heavy (non-hydrogen) atoms. The van der Waals surface area contributed by atoms with E-state index in [-0.39, 0.29) is 0 Å².